The van der Waals surface area contributed by atoms with Crippen molar-refractivity contribution >= 4 is 5.91 Å². The number of ether oxygens (including phenoxy) is 1. The van der Waals surface area contributed by atoms with Crippen LogP contribution in [0.2, 0.25) is 0 Å². The van der Waals surface area contributed by atoms with Crippen molar-refractivity contribution in [3.63, 3.8) is 0 Å². The van der Waals surface area contributed by atoms with Gasteiger partial charge in [0.15, 0.2) is 6.61 Å². The van der Waals surface area contributed by atoms with Gasteiger partial charge in [0.1, 0.15) is 11.8 Å². The maximum atomic E-state index is 11.7. The maximum absolute atomic E-state index is 11.7. The molecule has 2 rings (SSSR count). The fourth-order valence-electron chi connectivity index (χ4n) is 2.04. The van der Waals surface area contributed by atoms with E-state index in [-0.39, 0.29) is 12.5 Å². The summed E-state index contributed by atoms with van der Waals surface area (Å²) in [7, 11) is 0. The molecule has 0 heterocycles. The van der Waals surface area contributed by atoms with Crippen molar-refractivity contribution in [2.24, 2.45) is 0 Å². The van der Waals surface area contributed by atoms with Crippen LogP contribution in [0.25, 0.3) is 0 Å². The van der Waals surface area contributed by atoms with Gasteiger partial charge >= 0.3 is 0 Å². The van der Waals surface area contributed by atoms with Crippen molar-refractivity contribution in [3.8, 4) is 11.8 Å². The number of carbonyl (C=O) groups excluding carboxylic acids is 1. The summed E-state index contributed by atoms with van der Waals surface area (Å²) in [6, 6.07) is 19.1. The Morgan fingerprint density at radius 3 is 2.59 bits per heavy atom. The second-order valence-corrected chi connectivity index (χ2v) is 4.84. The highest BCUT2D eigenvalue weighted by atomic mass is 16.5. The van der Waals surface area contributed by atoms with E-state index in [4.69, 9.17) is 10.00 Å². The van der Waals surface area contributed by atoms with E-state index >= 15 is 0 Å². The van der Waals surface area contributed by atoms with E-state index < -0.39 is 0 Å². The van der Waals surface area contributed by atoms with Crippen LogP contribution in [-0.2, 0) is 11.2 Å². The highest BCUT2D eigenvalue weighted by Gasteiger charge is 2.05. The van der Waals surface area contributed by atoms with Crippen molar-refractivity contribution < 1.29 is 9.53 Å². The molecule has 0 aliphatic rings. The average molecular weight is 294 g/mol. The van der Waals surface area contributed by atoms with Crippen LogP contribution >= 0.6 is 0 Å². The molecule has 0 unspecified atom stereocenters. The number of benzene rings is 2. The number of carbonyl (C=O) groups is 1. The molecule has 2 aromatic carbocycles. The Morgan fingerprint density at radius 1 is 1.09 bits per heavy atom. The highest BCUT2D eigenvalue weighted by Crippen LogP contribution is 2.16. The Hall–Kier alpha value is -2.80. The van der Waals surface area contributed by atoms with Crippen LogP contribution < -0.4 is 10.1 Å². The van der Waals surface area contributed by atoms with E-state index in [2.05, 4.69) is 17.4 Å². The predicted octanol–water partition coefficient (Wildman–Crippen LogP) is 2.69. The first-order valence-corrected chi connectivity index (χ1v) is 7.22. The van der Waals surface area contributed by atoms with Gasteiger partial charge in [-0.05, 0) is 30.5 Å². The zero-order chi connectivity index (χ0) is 15.6. The number of nitriles is 1. The molecule has 22 heavy (non-hydrogen) atoms. The molecule has 0 fully saturated rings. The first-order valence-electron chi connectivity index (χ1n) is 7.22. The summed E-state index contributed by atoms with van der Waals surface area (Å²) in [6.45, 7) is 0.529. The van der Waals surface area contributed by atoms with Crippen LogP contribution in [0.5, 0.6) is 5.75 Å². The molecule has 0 saturated carbocycles. The Labute approximate surface area is 130 Å². The summed E-state index contributed by atoms with van der Waals surface area (Å²) in [4.78, 5) is 11.7. The van der Waals surface area contributed by atoms with Gasteiger partial charge in [0.05, 0.1) is 5.56 Å². The molecule has 0 radical (unpaired) electrons. The van der Waals surface area contributed by atoms with Crippen LogP contribution in [0, 0.1) is 11.3 Å². The number of aryl methyl sites for hydroxylation is 1. The zero-order valence-electron chi connectivity index (χ0n) is 12.3. The summed E-state index contributed by atoms with van der Waals surface area (Å²) >= 11 is 0. The summed E-state index contributed by atoms with van der Waals surface area (Å²) in [6.07, 6.45) is 1.81. The van der Waals surface area contributed by atoms with E-state index in [1.807, 2.05) is 24.3 Å². The van der Waals surface area contributed by atoms with Crippen LogP contribution in [-0.4, -0.2) is 19.1 Å². The monoisotopic (exact) mass is 294 g/mol. The zero-order valence-corrected chi connectivity index (χ0v) is 12.3. The number of hydrogen-bond acceptors (Lipinski definition) is 3. The molecule has 4 nitrogen and oxygen atoms in total. The number of nitrogens with zero attached hydrogens (tertiary/aromatic N) is 1. The van der Waals surface area contributed by atoms with E-state index in [1.165, 1.54) is 5.56 Å². The van der Waals surface area contributed by atoms with Gasteiger partial charge in [0.25, 0.3) is 5.91 Å². The fourth-order valence-corrected chi connectivity index (χ4v) is 2.04. The number of hydrogen-bond donors (Lipinski definition) is 1. The lowest BCUT2D eigenvalue weighted by atomic mass is 10.1. The molecule has 0 bridgehead atoms. The first kappa shape index (κ1) is 15.6. The smallest absolute Gasteiger partial charge is 0.257 e. The van der Waals surface area contributed by atoms with E-state index in [9.17, 15) is 4.79 Å². The van der Waals surface area contributed by atoms with E-state index in [0.717, 1.165) is 12.8 Å². The molecule has 0 aliphatic heterocycles. The van der Waals surface area contributed by atoms with Crippen LogP contribution in [0.1, 0.15) is 17.5 Å². The quantitative estimate of drug-likeness (QED) is 0.799. The number of rotatable bonds is 7. The SMILES string of the molecule is N#Cc1ccccc1OCC(=O)NCCCc1ccccc1. The van der Waals surface area contributed by atoms with E-state index in [0.29, 0.717) is 17.9 Å². The third-order valence-electron chi connectivity index (χ3n) is 3.17. The molecule has 112 valence electrons. The molecule has 1 amide bonds. The van der Waals surface area contributed by atoms with Crippen molar-refractivity contribution in [3.05, 3.63) is 65.7 Å². The van der Waals surface area contributed by atoms with Crippen molar-refractivity contribution in [1.29, 1.82) is 5.26 Å². The van der Waals surface area contributed by atoms with Gasteiger partial charge < -0.3 is 10.1 Å². The molecule has 2 aromatic rings. The maximum Gasteiger partial charge on any atom is 0.257 e. The van der Waals surface area contributed by atoms with Crippen molar-refractivity contribution in [2.75, 3.05) is 13.2 Å². The third kappa shape index (κ3) is 4.95. The van der Waals surface area contributed by atoms with Gasteiger partial charge in [-0.25, -0.2) is 0 Å². The van der Waals surface area contributed by atoms with Crippen molar-refractivity contribution in [2.45, 2.75) is 12.8 Å². The molecule has 0 atom stereocenters. The van der Waals surface area contributed by atoms with Gasteiger partial charge in [-0.1, -0.05) is 42.5 Å². The second kappa shape index (κ2) is 8.48. The summed E-state index contributed by atoms with van der Waals surface area (Å²) in [5, 5.41) is 11.7. The fraction of sp³-hybridized carbons (Fsp3) is 0.222. The van der Waals surface area contributed by atoms with E-state index in [1.54, 1.807) is 24.3 Å². The summed E-state index contributed by atoms with van der Waals surface area (Å²) in [5.74, 6) is 0.255. The second-order valence-electron chi connectivity index (χ2n) is 4.84. The standard InChI is InChI=1S/C18H18N2O2/c19-13-16-10-4-5-11-17(16)22-14-18(21)20-12-6-9-15-7-2-1-3-8-15/h1-5,7-8,10-11H,6,9,12,14H2,(H,20,21). The minimum Gasteiger partial charge on any atom is -0.482 e. The van der Waals surface area contributed by atoms with Gasteiger partial charge in [-0.15, -0.1) is 0 Å². The average Bonchev–Trinajstić information content (AvgIpc) is 2.58. The molecule has 4 heteroatoms. The first-order chi connectivity index (χ1) is 10.8. The lowest BCUT2D eigenvalue weighted by Crippen LogP contribution is -2.30. The molecule has 0 spiro atoms. The third-order valence-corrected chi connectivity index (χ3v) is 3.17. The van der Waals surface area contributed by atoms with Crippen LogP contribution in [0.15, 0.2) is 54.6 Å². The van der Waals surface area contributed by atoms with Crippen molar-refractivity contribution in [1.82, 2.24) is 5.32 Å². The molecular formula is C18H18N2O2. The lowest BCUT2D eigenvalue weighted by Gasteiger charge is -2.08. The van der Waals surface area contributed by atoms with Gasteiger partial charge in [0.2, 0.25) is 0 Å². The number of amides is 1. The summed E-state index contributed by atoms with van der Waals surface area (Å²) in [5.41, 5.74) is 1.69. The van der Waals surface area contributed by atoms with Gasteiger partial charge in [-0.2, -0.15) is 5.26 Å². The minimum absolute atomic E-state index is 0.0793. The van der Waals surface area contributed by atoms with Gasteiger partial charge in [0, 0.05) is 6.54 Å². The Morgan fingerprint density at radius 2 is 1.82 bits per heavy atom. The molecular weight excluding hydrogens is 276 g/mol. The van der Waals surface area contributed by atoms with Crippen LogP contribution in [0.4, 0.5) is 0 Å². The van der Waals surface area contributed by atoms with Crippen LogP contribution in [0.3, 0.4) is 0 Å². The molecule has 0 aliphatic carbocycles. The topological polar surface area (TPSA) is 62.1 Å². The summed E-state index contributed by atoms with van der Waals surface area (Å²) < 4.78 is 5.37. The lowest BCUT2D eigenvalue weighted by molar-refractivity contribution is -0.123. The Balaban J connectivity index is 1.67. The molecule has 0 saturated heterocycles. The predicted molar refractivity (Wildman–Crippen MR) is 84.4 cm³/mol. The largest absolute Gasteiger partial charge is 0.482 e. The Bertz CT molecular complexity index is 648. The number of para-hydroxylation sites is 1. The molecule has 0 aromatic heterocycles. The minimum atomic E-state index is -0.180. The highest BCUT2D eigenvalue weighted by molar-refractivity contribution is 5.77. The Kier molecular flexibility index (Phi) is 6.01. The number of nitrogens with one attached hydrogen (secondary N) is 1. The van der Waals surface area contributed by atoms with Gasteiger partial charge in [-0.3, -0.25) is 4.79 Å². The normalized spacial score (nSPS) is 9.77. The molecule has 1 N–H and O–H groups in total.